The summed E-state index contributed by atoms with van der Waals surface area (Å²) in [5.41, 5.74) is 6.35. The molecule has 0 radical (unpaired) electrons. The van der Waals surface area contributed by atoms with Crippen LogP contribution in [0.4, 0.5) is 0 Å². The molecule has 1 aliphatic carbocycles. The molecule has 3 nitrogen and oxygen atoms in total. The molecule has 0 aromatic rings. The highest BCUT2D eigenvalue weighted by atomic mass is 15.3. The van der Waals surface area contributed by atoms with Gasteiger partial charge in [0, 0.05) is 38.3 Å². The van der Waals surface area contributed by atoms with Crippen molar-refractivity contribution < 1.29 is 0 Å². The second kappa shape index (κ2) is 6.72. The number of hydrogen-bond donors (Lipinski definition) is 1. The predicted molar refractivity (Wildman–Crippen MR) is 73.2 cm³/mol. The van der Waals surface area contributed by atoms with Crippen LogP contribution in [0.1, 0.15) is 45.4 Å². The van der Waals surface area contributed by atoms with Crippen LogP contribution in [0.15, 0.2) is 0 Å². The Labute approximate surface area is 106 Å². The summed E-state index contributed by atoms with van der Waals surface area (Å²) >= 11 is 0. The fraction of sp³-hybridized carbons (Fsp3) is 1.00. The third-order valence-electron chi connectivity index (χ3n) is 4.45. The Morgan fingerprint density at radius 3 is 2.41 bits per heavy atom. The van der Waals surface area contributed by atoms with Crippen LogP contribution < -0.4 is 5.73 Å². The Morgan fingerprint density at radius 2 is 1.71 bits per heavy atom. The maximum atomic E-state index is 6.35. The zero-order chi connectivity index (χ0) is 12.1. The minimum absolute atomic E-state index is 0.426. The molecule has 1 aliphatic heterocycles. The van der Waals surface area contributed by atoms with E-state index in [4.69, 9.17) is 5.73 Å². The van der Waals surface area contributed by atoms with E-state index in [1.807, 2.05) is 0 Å². The Balaban J connectivity index is 1.82. The van der Waals surface area contributed by atoms with Gasteiger partial charge in [-0.2, -0.15) is 0 Å². The lowest BCUT2D eigenvalue weighted by molar-refractivity contribution is 0.0814. The molecule has 2 aliphatic rings. The van der Waals surface area contributed by atoms with E-state index in [9.17, 15) is 0 Å². The van der Waals surface area contributed by atoms with Crippen molar-refractivity contribution in [2.24, 2.45) is 5.73 Å². The fourth-order valence-corrected chi connectivity index (χ4v) is 3.40. The van der Waals surface area contributed by atoms with Crippen molar-refractivity contribution in [3.05, 3.63) is 0 Å². The van der Waals surface area contributed by atoms with Crippen LogP contribution in [0.3, 0.4) is 0 Å². The topological polar surface area (TPSA) is 32.5 Å². The van der Waals surface area contributed by atoms with Gasteiger partial charge in [0.15, 0.2) is 0 Å². The summed E-state index contributed by atoms with van der Waals surface area (Å²) in [6, 6.07) is 1.09. The average molecular weight is 239 g/mol. The van der Waals surface area contributed by atoms with Gasteiger partial charge < -0.3 is 10.6 Å². The first-order valence-corrected chi connectivity index (χ1v) is 7.53. The van der Waals surface area contributed by atoms with Crippen LogP contribution in [0.5, 0.6) is 0 Å². The molecule has 17 heavy (non-hydrogen) atoms. The van der Waals surface area contributed by atoms with E-state index < -0.39 is 0 Å². The van der Waals surface area contributed by atoms with Gasteiger partial charge in [0.25, 0.3) is 0 Å². The van der Waals surface area contributed by atoms with Gasteiger partial charge in [-0.25, -0.2) is 0 Å². The molecule has 2 atom stereocenters. The standard InChI is InChI=1S/C14H29N3/c1-2-8-16-9-11-17(12-10-16)14-7-5-3-4-6-13(14)15/h13-14H,2-12,15H2,1H3. The Hall–Kier alpha value is -0.120. The number of rotatable bonds is 3. The van der Waals surface area contributed by atoms with Gasteiger partial charge in [-0.05, 0) is 25.8 Å². The monoisotopic (exact) mass is 239 g/mol. The summed E-state index contributed by atoms with van der Waals surface area (Å²) in [6.45, 7) is 8.50. The molecular formula is C14H29N3. The van der Waals surface area contributed by atoms with Gasteiger partial charge in [-0.15, -0.1) is 0 Å². The van der Waals surface area contributed by atoms with Gasteiger partial charge in [-0.1, -0.05) is 26.2 Å². The van der Waals surface area contributed by atoms with Crippen molar-refractivity contribution in [3.63, 3.8) is 0 Å². The lowest BCUT2D eigenvalue weighted by Gasteiger charge is -2.41. The molecule has 2 rings (SSSR count). The average Bonchev–Trinajstić information content (AvgIpc) is 2.56. The molecule has 2 fully saturated rings. The Kier molecular flexibility index (Phi) is 5.26. The van der Waals surface area contributed by atoms with Gasteiger partial charge in [0.05, 0.1) is 0 Å². The number of hydrogen-bond acceptors (Lipinski definition) is 3. The summed E-state index contributed by atoms with van der Waals surface area (Å²) in [5, 5.41) is 0. The van der Waals surface area contributed by atoms with E-state index in [2.05, 4.69) is 16.7 Å². The SMILES string of the molecule is CCCN1CCN(C2CCCCCC2N)CC1. The maximum absolute atomic E-state index is 6.35. The second-order valence-corrected chi connectivity index (χ2v) is 5.75. The number of nitrogens with two attached hydrogens (primary N) is 1. The van der Waals surface area contributed by atoms with E-state index in [0.29, 0.717) is 12.1 Å². The summed E-state index contributed by atoms with van der Waals surface area (Å²) in [7, 11) is 0. The molecule has 1 heterocycles. The van der Waals surface area contributed by atoms with Crippen molar-refractivity contribution >= 4 is 0 Å². The smallest absolute Gasteiger partial charge is 0.0248 e. The lowest BCUT2D eigenvalue weighted by Crippen LogP contribution is -2.55. The summed E-state index contributed by atoms with van der Waals surface area (Å²) in [6.07, 6.45) is 7.96. The van der Waals surface area contributed by atoms with Gasteiger partial charge in [0.1, 0.15) is 0 Å². The van der Waals surface area contributed by atoms with Crippen molar-refractivity contribution in [2.45, 2.75) is 57.5 Å². The van der Waals surface area contributed by atoms with E-state index in [-0.39, 0.29) is 0 Å². The Morgan fingerprint density at radius 1 is 1.00 bits per heavy atom. The van der Waals surface area contributed by atoms with Crippen LogP contribution in [0, 0.1) is 0 Å². The normalized spacial score (nSPS) is 33.5. The Bertz CT molecular complexity index is 212. The molecule has 0 aromatic carbocycles. The quantitative estimate of drug-likeness (QED) is 0.761. The molecule has 0 spiro atoms. The van der Waals surface area contributed by atoms with Crippen molar-refractivity contribution in [1.29, 1.82) is 0 Å². The molecule has 0 bridgehead atoms. The molecular weight excluding hydrogens is 210 g/mol. The van der Waals surface area contributed by atoms with Crippen molar-refractivity contribution in [1.82, 2.24) is 9.80 Å². The predicted octanol–water partition coefficient (Wildman–Crippen LogP) is 1.67. The third-order valence-corrected chi connectivity index (χ3v) is 4.45. The van der Waals surface area contributed by atoms with Crippen LogP contribution in [0.2, 0.25) is 0 Å². The maximum Gasteiger partial charge on any atom is 0.0248 e. The minimum Gasteiger partial charge on any atom is -0.326 e. The highest BCUT2D eigenvalue weighted by Crippen LogP contribution is 2.22. The van der Waals surface area contributed by atoms with E-state index in [1.165, 1.54) is 71.2 Å². The van der Waals surface area contributed by atoms with Gasteiger partial charge in [-0.3, -0.25) is 4.90 Å². The first-order chi connectivity index (χ1) is 8.31. The molecule has 1 saturated heterocycles. The zero-order valence-corrected chi connectivity index (χ0v) is 11.4. The number of piperazine rings is 1. The molecule has 2 unspecified atom stereocenters. The van der Waals surface area contributed by atoms with Crippen LogP contribution >= 0.6 is 0 Å². The van der Waals surface area contributed by atoms with Crippen LogP contribution in [0.25, 0.3) is 0 Å². The van der Waals surface area contributed by atoms with Crippen molar-refractivity contribution in [2.75, 3.05) is 32.7 Å². The van der Waals surface area contributed by atoms with Gasteiger partial charge in [0.2, 0.25) is 0 Å². The van der Waals surface area contributed by atoms with Gasteiger partial charge >= 0.3 is 0 Å². The molecule has 3 heteroatoms. The molecule has 1 saturated carbocycles. The van der Waals surface area contributed by atoms with Crippen LogP contribution in [-0.2, 0) is 0 Å². The molecule has 0 amide bonds. The zero-order valence-electron chi connectivity index (χ0n) is 11.4. The first-order valence-electron chi connectivity index (χ1n) is 7.53. The lowest BCUT2D eigenvalue weighted by atomic mass is 10.0. The largest absolute Gasteiger partial charge is 0.326 e. The van der Waals surface area contributed by atoms with E-state index in [1.54, 1.807) is 0 Å². The minimum atomic E-state index is 0.426. The summed E-state index contributed by atoms with van der Waals surface area (Å²) in [5.74, 6) is 0. The highest BCUT2D eigenvalue weighted by Gasteiger charge is 2.28. The number of nitrogens with zero attached hydrogens (tertiary/aromatic N) is 2. The summed E-state index contributed by atoms with van der Waals surface area (Å²) < 4.78 is 0. The molecule has 2 N–H and O–H groups in total. The highest BCUT2D eigenvalue weighted by molar-refractivity contribution is 4.87. The summed E-state index contributed by atoms with van der Waals surface area (Å²) in [4.78, 5) is 5.26. The van der Waals surface area contributed by atoms with Crippen LogP contribution in [-0.4, -0.2) is 54.6 Å². The first kappa shape index (κ1) is 13.3. The molecule has 0 aromatic heterocycles. The fourth-order valence-electron chi connectivity index (χ4n) is 3.40. The van der Waals surface area contributed by atoms with E-state index in [0.717, 1.165) is 0 Å². The van der Waals surface area contributed by atoms with Crippen molar-refractivity contribution in [3.8, 4) is 0 Å². The van der Waals surface area contributed by atoms with E-state index >= 15 is 0 Å². The second-order valence-electron chi connectivity index (χ2n) is 5.75. The molecule has 100 valence electrons. The third kappa shape index (κ3) is 3.67.